The third-order valence-electron chi connectivity index (χ3n) is 4.01. The Kier molecular flexibility index (Phi) is 5.85. The summed E-state index contributed by atoms with van der Waals surface area (Å²) in [7, 11) is 0. The van der Waals surface area contributed by atoms with Crippen LogP contribution in [0, 0.1) is 23.4 Å². The minimum atomic E-state index is -1.70. The Bertz CT molecular complexity index is 629. The molecule has 1 aliphatic rings. The second-order valence-corrected chi connectivity index (χ2v) is 6.41. The van der Waals surface area contributed by atoms with Crippen LogP contribution in [0.15, 0.2) is 12.1 Å². The minimum absolute atomic E-state index is 0.122. The lowest BCUT2D eigenvalue weighted by Gasteiger charge is -2.25. The van der Waals surface area contributed by atoms with Crippen LogP contribution in [-0.2, 0) is 4.79 Å². The van der Waals surface area contributed by atoms with Crippen LogP contribution in [0.4, 0.5) is 13.2 Å². The predicted octanol–water partition coefficient (Wildman–Crippen LogP) is 2.87. The van der Waals surface area contributed by atoms with Gasteiger partial charge in [-0.1, -0.05) is 13.8 Å². The largest absolute Gasteiger partial charge is 0.341 e. The van der Waals surface area contributed by atoms with Crippen molar-refractivity contribution in [3.63, 3.8) is 0 Å². The number of nitrogens with one attached hydrogen (secondary N) is 1. The molecule has 1 saturated heterocycles. The van der Waals surface area contributed by atoms with Crippen LogP contribution in [0.1, 0.15) is 43.5 Å². The van der Waals surface area contributed by atoms with Gasteiger partial charge in [-0.3, -0.25) is 9.59 Å². The first-order valence-corrected chi connectivity index (χ1v) is 8.04. The Labute approximate surface area is 139 Å². The van der Waals surface area contributed by atoms with Gasteiger partial charge in [0.1, 0.15) is 6.04 Å². The number of rotatable bonds is 5. The van der Waals surface area contributed by atoms with Crippen molar-refractivity contribution in [2.24, 2.45) is 5.92 Å². The zero-order chi connectivity index (χ0) is 17.9. The first-order valence-electron chi connectivity index (χ1n) is 8.04. The number of likely N-dealkylation sites (tertiary alicyclic amines) is 1. The van der Waals surface area contributed by atoms with Crippen molar-refractivity contribution in [1.29, 1.82) is 0 Å². The third kappa shape index (κ3) is 4.07. The molecule has 0 unspecified atom stereocenters. The molecule has 1 aromatic rings. The van der Waals surface area contributed by atoms with Crippen LogP contribution in [0.3, 0.4) is 0 Å². The number of carbonyl (C=O) groups is 2. The van der Waals surface area contributed by atoms with Crippen molar-refractivity contribution in [2.45, 2.75) is 39.2 Å². The number of carbonyl (C=O) groups excluding carboxylic acids is 2. The number of hydrogen-bond acceptors (Lipinski definition) is 2. The van der Waals surface area contributed by atoms with Crippen molar-refractivity contribution in [1.82, 2.24) is 10.2 Å². The molecule has 1 atom stereocenters. The minimum Gasteiger partial charge on any atom is -0.341 e. The summed E-state index contributed by atoms with van der Waals surface area (Å²) in [6.45, 7) is 5.05. The number of hydrogen-bond donors (Lipinski definition) is 1. The van der Waals surface area contributed by atoms with Gasteiger partial charge in [0.05, 0.1) is 5.56 Å². The number of halogens is 3. The van der Waals surface area contributed by atoms with Gasteiger partial charge in [-0.25, -0.2) is 13.2 Å². The van der Waals surface area contributed by atoms with Crippen molar-refractivity contribution in [3.8, 4) is 0 Å². The van der Waals surface area contributed by atoms with Gasteiger partial charge in [-0.2, -0.15) is 0 Å². The van der Waals surface area contributed by atoms with Gasteiger partial charge in [0.15, 0.2) is 17.5 Å². The summed E-state index contributed by atoms with van der Waals surface area (Å²) < 4.78 is 40.0. The summed E-state index contributed by atoms with van der Waals surface area (Å²) in [6, 6.07) is 0.742. The molecule has 2 rings (SSSR count). The molecule has 0 spiro atoms. The summed E-state index contributed by atoms with van der Waals surface area (Å²) >= 11 is 0. The quantitative estimate of drug-likeness (QED) is 0.837. The van der Waals surface area contributed by atoms with Gasteiger partial charge in [0.2, 0.25) is 5.91 Å². The Morgan fingerprint density at radius 3 is 2.33 bits per heavy atom. The fourth-order valence-corrected chi connectivity index (χ4v) is 2.79. The molecule has 1 fully saturated rings. The smallest absolute Gasteiger partial charge is 0.255 e. The van der Waals surface area contributed by atoms with Crippen LogP contribution in [0.2, 0.25) is 0 Å². The molecule has 0 bridgehead atoms. The van der Waals surface area contributed by atoms with Crippen molar-refractivity contribution >= 4 is 11.8 Å². The summed E-state index contributed by atoms with van der Waals surface area (Å²) in [5.74, 6) is -5.65. The standard InChI is InChI=1S/C17H21F3N2O2/c1-10(2)9-13(17(24)22-7-3-4-8-22)21-16(23)11-5-6-12(18)15(20)14(11)19/h5-6,10,13H,3-4,7-9H2,1-2H3,(H,21,23)/t13-/m0/s1. The fourth-order valence-electron chi connectivity index (χ4n) is 2.79. The highest BCUT2D eigenvalue weighted by atomic mass is 19.2. The molecule has 0 saturated carbocycles. The molecule has 132 valence electrons. The van der Waals surface area contributed by atoms with Crippen molar-refractivity contribution in [2.75, 3.05) is 13.1 Å². The lowest BCUT2D eigenvalue weighted by molar-refractivity contribution is -0.132. The van der Waals surface area contributed by atoms with Gasteiger partial charge in [0.25, 0.3) is 5.91 Å². The van der Waals surface area contributed by atoms with E-state index in [-0.39, 0.29) is 11.8 Å². The highest BCUT2D eigenvalue weighted by molar-refractivity contribution is 5.97. The van der Waals surface area contributed by atoms with Crippen LogP contribution >= 0.6 is 0 Å². The fraction of sp³-hybridized carbons (Fsp3) is 0.529. The monoisotopic (exact) mass is 342 g/mol. The zero-order valence-electron chi connectivity index (χ0n) is 13.7. The molecule has 1 heterocycles. The average molecular weight is 342 g/mol. The lowest BCUT2D eigenvalue weighted by Crippen LogP contribution is -2.48. The van der Waals surface area contributed by atoms with E-state index >= 15 is 0 Å². The maximum absolute atomic E-state index is 13.8. The van der Waals surface area contributed by atoms with E-state index < -0.39 is 35.0 Å². The first-order chi connectivity index (χ1) is 11.3. The summed E-state index contributed by atoms with van der Waals surface area (Å²) in [5, 5.41) is 2.47. The molecule has 0 aliphatic carbocycles. The number of amides is 2. The average Bonchev–Trinajstić information content (AvgIpc) is 3.05. The lowest BCUT2D eigenvalue weighted by atomic mass is 10.0. The van der Waals surface area contributed by atoms with E-state index in [0.29, 0.717) is 25.6 Å². The summed E-state index contributed by atoms with van der Waals surface area (Å²) in [4.78, 5) is 26.4. The topological polar surface area (TPSA) is 49.4 Å². The second-order valence-electron chi connectivity index (χ2n) is 6.41. The molecule has 24 heavy (non-hydrogen) atoms. The molecular formula is C17H21F3N2O2. The van der Waals surface area contributed by atoms with E-state index in [1.54, 1.807) is 4.90 Å². The molecule has 1 N–H and O–H groups in total. The highest BCUT2D eigenvalue weighted by Gasteiger charge is 2.29. The maximum Gasteiger partial charge on any atom is 0.255 e. The molecule has 0 radical (unpaired) electrons. The summed E-state index contributed by atoms with van der Waals surface area (Å²) in [5.41, 5.74) is -0.614. The Balaban J connectivity index is 2.18. The molecule has 0 aromatic heterocycles. The molecule has 4 nitrogen and oxygen atoms in total. The van der Waals surface area contributed by atoms with Crippen molar-refractivity contribution < 1.29 is 22.8 Å². The van der Waals surface area contributed by atoms with Gasteiger partial charge in [0, 0.05) is 13.1 Å². The van der Waals surface area contributed by atoms with Crippen LogP contribution in [-0.4, -0.2) is 35.8 Å². The second kappa shape index (κ2) is 7.68. The Morgan fingerprint density at radius 1 is 1.12 bits per heavy atom. The molecule has 1 aliphatic heterocycles. The number of benzene rings is 1. The molecule has 2 amide bonds. The van der Waals surface area contributed by atoms with Crippen molar-refractivity contribution in [3.05, 3.63) is 35.1 Å². The Morgan fingerprint density at radius 2 is 1.75 bits per heavy atom. The third-order valence-corrected chi connectivity index (χ3v) is 4.01. The summed E-state index contributed by atoms with van der Waals surface area (Å²) in [6.07, 6.45) is 2.20. The first kappa shape index (κ1) is 18.3. The Hall–Kier alpha value is -2.05. The number of nitrogens with zero attached hydrogens (tertiary/aromatic N) is 1. The van der Waals surface area contributed by atoms with E-state index in [1.165, 1.54) is 0 Å². The highest BCUT2D eigenvalue weighted by Crippen LogP contribution is 2.17. The van der Waals surface area contributed by atoms with Crippen LogP contribution in [0.5, 0.6) is 0 Å². The van der Waals surface area contributed by atoms with Gasteiger partial charge in [-0.05, 0) is 37.3 Å². The SMILES string of the molecule is CC(C)C[C@H](NC(=O)c1ccc(F)c(F)c1F)C(=O)N1CCCC1. The zero-order valence-corrected chi connectivity index (χ0v) is 13.7. The molecule has 1 aromatic carbocycles. The van der Waals surface area contributed by atoms with Crippen LogP contribution in [0.25, 0.3) is 0 Å². The maximum atomic E-state index is 13.8. The van der Waals surface area contributed by atoms with Gasteiger partial charge >= 0.3 is 0 Å². The van der Waals surface area contributed by atoms with E-state index in [0.717, 1.165) is 18.9 Å². The van der Waals surface area contributed by atoms with E-state index in [1.807, 2.05) is 13.8 Å². The van der Waals surface area contributed by atoms with E-state index in [4.69, 9.17) is 0 Å². The van der Waals surface area contributed by atoms with Gasteiger partial charge in [-0.15, -0.1) is 0 Å². The molecular weight excluding hydrogens is 321 g/mol. The predicted molar refractivity (Wildman–Crippen MR) is 82.8 cm³/mol. The normalized spacial score (nSPS) is 15.7. The van der Waals surface area contributed by atoms with Crippen LogP contribution < -0.4 is 5.32 Å². The van der Waals surface area contributed by atoms with E-state index in [9.17, 15) is 22.8 Å². The molecule has 7 heteroatoms. The van der Waals surface area contributed by atoms with Gasteiger partial charge < -0.3 is 10.2 Å². The van der Waals surface area contributed by atoms with E-state index in [2.05, 4.69) is 5.32 Å².